The van der Waals surface area contributed by atoms with Gasteiger partial charge in [0.15, 0.2) is 0 Å². The predicted molar refractivity (Wildman–Crippen MR) is 119 cm³/mol. The van der Waals surface area contributed by atoms with E-state index in [-0.39, 0.29) is 16.1 Å². The number of esters is 1. The smallest absolute Gasteiger partial charge is 0.337 e. The minimum atomic E-state index is -3.85. The van der Waals surface area contributed by atoms with Crippen LogP contribution in [-0.4, -0.2) is 34.5 Å². The number of hydrogen-bond donors (Lipinski definition) is 1. The van der Waals surface area contributed by atoms with Crippen LogP contribution in [0.25, 0.3) is 0 Å². The third-order valence-electron chi connectivity index (χ3n) is 4.73. The van der Waals surface area contributed by atoms with Crippen LogP contribution in [0.3, 0.4) is 0 Å². The van der Waals surface area contributed by atoms with Gasteiger partial charge < -0.3 is 10.1 Å². The minimum Gasteiger partial charge on any atom is -0.465 e. The number of benzene rings is 3. The standard InChI is InChI=1S/C23H22N2O5S/c1-16-8-14-19(15-9-16)31(28,29)25(2)21-7-5-4-6-20(21)22(26)24-18-12-10-17(11-13-18)23(27)30-3/h4-15H,1-3H3,(H,24,26). The molecule has 0 fully saturated rings. The summed E-state index contributed by atoms with van der Waals surface area (Å²) < 4.78 is 31.9. The molecule has 3 aromatic carbocycles. The lowest BCUT2D eigenvalue weighted by Gasteiger charge is -2.22. The van der Waals surface area contributed by atoms with Crippen molar-refractivity contribution < 1.29 is 22.7 Å². The van der Waals surface area contributed by atoms with Gasteiger partial charge in [0.05, 0.1) is 28.8 Å². The van der Waals surface area contributed by atoms with Crippen molar-refractivity contribution in [2.45, 2.75) is 11.8 Å². The molecule has 1 amide bonds. The Bertz CT molecular complexity index is 1200. The molecule has 3 aromatic rings. The van der Waals surface area contributed by atoms with Crippen LogP contribution in [-0.2, 0) is 14.8 Å². The Morgan fingerprint density at radius 1 is 0.903 bits per heavy atom. The van der Waals surface area contributed by atoms with Crippen molar-refractivity contribution in [1.82, 2.24) is 0 Å². The highest BCUT2D eigenvalue weighted by Crippen LogP contribution is 2.26. The molecule has 0 heterocycles. The summed E-state index contributed by atoms with van der Waals surface area (Å²) in [7, 11) is -1.16. The largest absolute Gasteiger partial charge is 0.465 e. The van der Waals surface area contributed by atoms with Gasteiger partial charge in [-0.1, -0.05) is 29.8 Å². The van der Waals surface area contributed by atoms with Gasteiger partial charge in [0.2, 0.25) is 0 Å². The van der Waals surface area contributed by atoms with Crippen molar-refractivity contribution >= 4 is 33.3 Å². The fourth-order valence-electron chi connectivity index (χ4n) is 2.94. The van der Waals surface area contributed by atoms with Crippen LogP contribution in [0.2, 0.25) is 0 Å². The van der Waals surface area contributed by atoms with Gasteiger partial charge in [0.1, 0.15) is 0 Å². The first-order chi connectivity index (χ1) is 14.7. The zero-order valence-electron chi connectivity index (χ0n) is 17.3. The Morgan fingerprint density at radius 3 is 2.13 bits per heavy atom. The van der Waals surface area contributed by atoms with Gasteiger partial charge in [-0.25, -0.2) is 13.2 Å². The van der Waals surface area contributed by atoms with Crippen LogP contribution < -0.4 is 9.62 Å². The highest BCUT2D eigenvalue weighted by atomic mass is 32.2. The maximum Gasteiger partial charge on any atom is 0.337 e. The van der Waals surface area contributed by atoms with Gasteiger partial charge in [0, 0.05) is 12.7 Å². The Morgan fingerprint density at radius 2 is 1.52 bits per heavy atom. The second kappa shape index (κ2) is 9.01. The number of carbonyl (C=O) groups excluding carboxylic acids is 2. The van der Waals surface area contributed by atoms with Gasteiger partial charge in [-0.3, -0.25) is 9.10 Å². The number of para-hydroxylation sites is 1. The van der Waals surface area contributed by atoms with Crippen LogP contribution in [0, 0.1) is 6.92 Å². The normalized spacial score (nSPS) is 10.9. The Labute approximate surface area is 181 Å². The van der Waals surface area contributed by atoms with Crippen LogP contribution >= 0.6 is 0 Å². The van der Waals surface area contributed by atoms with Crippen LogP contribution in [0.5, 0.6) is 0 Å². The summed E-state index contributed by atoms with van der Waals surface area (Å²) in [6.45, 7) is 1.87. The van der Waals surface area contributed by atoms with Gasteiger partial charge in [0.25, 0.3) is 15.9 Å². The second-order valence-corrected chi connectivity index (χ2v) is 8.80. The number of methoxy groups -OCH3 is 1. The van der Waals surface area contributed by atoms with Gasteiger partial charge in [-0.2, -0.15) is 0 Å². The first-order valence-electron chi connectivity index (χ1n) is 9.38. The maximum absolute atomic E-state index is 13.1. The number of anilines is 2. The van der Waals surface area contributed by atoms with E-state index in [9.17, 15) is 18.0 Å². The first kappa shape index (κ1) is 22.0. The highest BCUT2D eigenvalue weighted by Gasteiger charge is 2.25. The molecule has 31 heavy (non-hydrogen) atoms. The number of amides is 1. The summed E-state index contributed by atoms with van der Waals surface area (Å²) in [6, 6.07) is 19.1. The summed E-state index contributed by atoms with van der Waals surface area (Å²) in [5.41, 5.74) is 2.19. The van der Waals surface area contributed by atoms with Crippen LogP contribution in [0.1, 0.15) is 26.3 Å². The molecule has 0 aromatic heterocycles. The van der Waals surface area contributed by atoms with Crippen molar-refractivity contribution in [3.8, 4) is 0 Å². The van der Waals surface area contributed by atoms with Crippen molar-refractivity contribution in [1.29, 1.82) is 0 Å². The third-order valence-corrected chi connectivity index (χ3v) is 6.52. The molecule has 0 unspecified atom stereocenters. The number of aryl methyl sites for hydroxylation is 1. The molecule has 1 N–H and O–H groups in total. The van der Waals surface area contributed by atoms with Crippen molar-refractivity contribution in [2.24, 2.45) is 0 Å². The van der Waals surface area contributed by atoms with E-state index >= 15 is 0 Å². The van der Waals surface area contributed by atoms with E-state index in [0.29, 0.717) is 11.3 Å². The molecule has 0 saturated carbocycles. The van der Waals surface area contributed by atoms with E-state index in [4.69, 9.17) is 0 Å². The lowest BCUT2D eigenvalue weighted by Crippen LogP contribution is -2.29. The molecule has 0 aliphatic heterocycles. The molecular formula is C23H22N2O5S. The zero-order valence-corrected chi connectivity index (χ0v) is 18.1. The summed E-state index contributed by atoms with van der Waals surface area (Å²) in [5, 5.41) is 2.72. The molecule has 0 saturated heterocycles. The number of ether oxygens (including phenoxy) is 1. The van der Waals surface area contributed by atoms with E-state index in [0.717, 1.165) is 9.87 Å². The van der Waals surface area contributed by atoms with Gasteiger partial charge in [-0.15, -0.1) is 0 Å². The number of nitrogens with one attached hydrogen (secondary N) is 1. The fraction of sp³-hybridized carbons (Fsp3) is 0.130. The third kappa shape index (κ3) is 4.75. The average Bonchev–Trinajstić information content (AvgIpc) is 2.78. The van der Waals surface area contributed by atoms with E-state index in [1.54, 1.807) is 48.5 Å². The van der Waals surface area contributed by atoms with E-state index in [1.807, 2.05) is 6.92 Å². The van der Waals surface area contributed by atoms with E-state index in [2.05, 4.69) is 10.1 Å². The zero-order chi connectivity index (χ0) is 22.6. The van der Waals surface area contributed by atoms with Gasteiger partial charge in [-0.05, 0) is 55.5 Å². The molecule has 0 aliphatic rings. The molecule has 0 radical (unpaired) electrons. The van der Waals surface area contributed by atoms with E-state index in [1.165, 1.54) is 38.4 Å². The Hall–Kier alpha value is -3.65. The summed E-state index contributed by atoms with van der Waals surface area (Å²) in [4.78, 5) is 24.6. The number of nitrogens with zero attached hydrogens (tertiary/aromatic N) is 1. The Kier molecular flexibility index (Phi) is 6.41. The minimum absolute atomic E-state index is 0.134. The first-order valence-corrected chi connectivity index (χ1v) is 10.8. The molecular weight excluding hydrogens is 416 g/mol. The lowest BCUT2D eigenvalue weighted by atomic mass is 10.1. The molecule has 0 spiro atoms. The van der Waals surface area contributed by atoms with Crippen molar-refractivity contribution in [2.75, 3.05) is 23.8 Å². The van der Waals surface area contributed by atoms with E-state index < -0.39 is 21.9 Å². The average molecular weight is 439 g/mol. The quantitative estimate of drug-likeness (QED) is 0.590. The van der Waals surface area contributed by atoms with Crippen molar-refractivity contribution in [3.05, 3.63) is 89.5 Å². The fourth-order valence-corrected chi connectivity index (χ4v) is 4.16. The van der Waals surface area contributed by atoms with Crippen LogP contribution in [0.15, 0.2) is 77.7 Å². The molecule has 0 aliphatic carbocycles. The summed E-state index contributed by atoms with van der Waals surface area (Å²) >= 11 is 0. The topological polar surface area (TPSA) is 92.8 Å². The molecule has 160 valence electrons. The number of sulfonamides is 1. The summed E-state index contributed by atoms with van der Waals surface area (Å²) in [5.74, 6) is -0.960. The second-order valence-electron chi connectivity index (χ2n) is 6.83. The molecule has 8 heteroatoms. The molecule has 3 rings (SSSR count). The predicted octanol–water partition coefficient (Wildman–Crippen LogP) is 3.86. The Balaban J connectivity index is 1.88. The molecule has 7 nitrogen and oxygen atoms in total. The number of hydrogen-bond acceptors (Lipinski definition) is 5. The summed E-state index contributed by atoms with van der Waals surface area (Å²) in [6.07, 6.45) is 0. The van der Waals surface area contributed by atoms with Gasteiger partial charge >= 0.3 is 5.97 Å². The number of carbonyl (C=O) groups is 2. The highest BCUT2D eigenvalue weighted by molar-refractivity contribution is 7.92. The molecule has 0 bridgehead atoms. The monoisotopic (exact) mass is 438 g/mol. The number of rotatable bonds is 6. The van der Waals surface area contributed by atoms with Crippen molar-refractivity contribution in [3.63, 3.8) is 0 Å². The maximum atomic E-state index is 13.1. The lowest BCUT2D eigenvalue weighted by molar-refractivity contribution is 0.0600. The van der Waals surface area contributed by atoms with Crippen LogP contribution in [0.4, 0.5) is 11.4 Å². The molecule has 0 atom stereocenters. The SMILES string of the molecule is COC(=O)c1ccc(NC(=O)c2ccccc2N(C)S(=O)(=O)c2ccc(C)cc2)cc1.